The summed E-state index contributed by atoms with van der Waals surface area (Å²) in [5, 5.41) is 20.1. The van der Waals surface area contributed by atoms with E-state index in [2.05, 4.69) is 11.9 Å². The van der Waals surface area contributed by atoms with E-state index in [-0.39, 0.29) is 12.4 Å². The van der Waals surface area contributed by atoms with E-state index in [9.17, 15) is 15.0 Å². The fourth-order valence-corrected chi connectivity index (χ4v) is 3.09. The predicted molar refractivity (Wildman–Crippen MR) is 81.5 cm³/mol. The first-order valence-corrected chi connectivity index (χ1v) is 7.53. The number of rotatable bonds is 5. The summed E-state index contributed by atoms with van der Waals surface area (Å²) in [6, 6.07) is 3.46. The summed E-state index contributed by atoms with van der Waals surface area (Å²) in [6.07, 6.45) is 3.52. The Morgan fingerprint density at radius 1 is 1.57 bits per heavy atom. The van der Waals surface area contributed by atoms with Crippen molar-refractivity contribution in [1.82, 2.24) is 4.98 Å². The van der Waals surface area contributed by atoms with Gasteiger partial charge >= 0.3 is 0 Å². The van der Waals surface area contributed by atoms with Gasteiger partial charge in [-0.1, -0.05) is 13.3 Å². The molecule has 1 aromatic rings. The molecule has 2 N–H and O–H groups in total. The van der Waals surface area contributed by atoms with Gasteiger partial charge in [-0.3, -0.25) is 4.79 Å². The minimum Gasteiger partial charge on any atom is -0.396 e. The van der Waals surface area contributed by atoms with Crippen molar-refractivity contribution in [2.24, 2.45) is 5.41 Å². The minimum atomic E-state index is -0.584. The molecule has 1 aliphatic heterocycles. The Morgan fingerprint density at radius 2 is 2.33 bits per heavy atom. The molecule has 1 aliphatic rings. The van der Waals surface area contributed by atoms with Crippen LogP contribution >= 0.6 is 0 Å². The lowest BCUT2D eigenvalue weighted by molar-refractivity contribution is -0.0372. The van der Waals surface area contributed by atoms with Crippen LogP contribution in [0.3, 0.4) is 0 Å². The monoisotopic (exact) mass is 292 g/mol. The average molecular weight is 292 g/mol. The smallest absolute Gasteiger partial charge is 0.159 e. The standard InChI is InChI=1S/C16H24N2O3/c1-3-5-16(11-19)6-8-18(10-14(16)21)15-9-13(12(2)20)4-7-17-15/h4,7,9,14,19,21H,3,5-6,8,10-11H2,1-2H3/t14-,16-/m1/s1. The van der Waals surface area contributed by atoms with Crippen LogP contribution in [0, 0.1) is 5.41 Å². The normalized spacial score (nSPS) is 25.9. The molecule has 116 valence electrons. The zero-order chi connectivity index (χ0) is 15.5. The van der Waals surface area contributed by atoms with Gasteiger partial charge in [-0.2, -0.15) is 0 Å². The van der Waals surface area contributed by atoms with Crippen LogP contribution in [0.1, 0.15) is 43.5 Å². The number of β-amino-alcohol motifs (C(OH)–C–C–N with tert-alkyl or cyclic N) is 1. The molecule has 21 heavy (non-hydrogen) atoms. The van der Waals surface area contributed by atoms with Crippen LogP contribution < -0.4 is 4.90 Å². The Hall–Kier alpha value is -1.46. The summed E-state index contributed by atoms with van der Waals surface area (Å²) in [5.41, 5.74) is 0.228. The first-order chi connectivity index (χ1) is 10.0. The second-order valence-electron chi connectivity index (χ2n) is 5.94. The van der Waals surface area contributed by atoms with Gasteiger partial charge in [0.1, 0.15) is 5.82 Å². The van der Waals surface area contributed by atoms with Crippen LogP contribution in [-0.4, -0.2) is 46.8 Å². The highest BCUT2D eigenvalue weighted by molar-refractivity contribution is 5.94. The molecular formula is C16H24N2O3. The number of aliphatic hydroxyl groups excluding tert-OH is 2. The number of aromatic nitrogens is 1. The van der Waals surface area contributed by atoms with E-state index in [4.69, 9.17) is 0 Å². The van der Waals surface area contributed by atoms with E-state index in [1.54, 1.807) is 18.3 Å². The molecule has 0 aromatic carbocycles. The van der Waals surface area contributed by atoms with Gasteiger partial charge in [-0.05, 0) is 31.9 Å². The molecule has 0 radical (unpaired) electrons. The van der Waals surface area contributed by atoms with Crippen molar-refractivity contribution in [2.45, 2.75) is 39.2 Å². The maximum absolute atomic E-state index is 11.5. The van der Waals surface area contributed by atoms with Gasteiger partial charge < -0.3 is 15.1 Å². The van der Waals surface area contributed by atoms with Crippen LogP contribution in [0.15, 0.2) is 18.3 Å². The minimum absolute atomic E-state index is 0.00639. The molecule has 0 saturated carbocycles. The number of nitrogens with zero attached hydrogens (tertiary/aromatic N) is 2. The van der Waals surface area contributed by atoms with E-state index < -0.39 is 11.5 Å². The van der Waals surface area contributed by atoms with Gasteiger partial charge in [0.15, 0.2) is 5.78 Å². The number of aliphatic hydroxyl groups is 2. The van der Waals surface area contributed by atoms with Crippen LogP contribution in [0.25, 0.3) is 0 Å². The molecule has 0 bridgehead atoms. The second kappa shape index (κ2) is 6.54. The Balaban J connectivity index is 2.15. The SMILES string of the molecule is CCC[C@]1(CO)CCN(c2cc(C(C)=O)ccn2)C[C@H]1O. The third kappa shape index (κ3) is 3.24. The summed E-state index contributed by atoms with van der Waals surface area (Å²) in [4.78, 5) is 17.7. The van der Waals surface area contributed by atoms with E-state index in [0.717, 1.165) is 25.8 Å². The highest BCUT2D eigenvalue weighted by Gasteiger charge is 2.41. The summed E-state index contributed by atoms with van der Waals surface area (Å²) in [7, 11) is 0. The summed E-state index contributed by atoms with van der Waals surface area (Å²) < 4.78 is 0. The van der Waals surface area contributed by atoms with Gasteiger partial charge in [0, 0.05) is 30.3 Å². The molecule has 5 nitrogen and oxygen atoms in total. The number of pyridine rings is 1. The first-order valence-electron chi connectivity index (χ1n) is 7.53. The van der Waals surface area contributed by atoms with E-state index in [0.29, 0.717) is 17.9 Å². The van der Waals surface area contributed by atoms with Gasteiger partial charge in [-0.15, -0.1) is 0 Å². The molecule has 5 heteroatoms. The largest absolute Gasteiger partial charge is 0.396 e. The number of carbonyl (C=O) groups is 1. The van der Waals surface area contributed by atoms with Crippen LogP contribution in [-0.2, 0) is 0 Å². The molecule has 1 saturated heterocycles. The Bertz CT molecular complexity index is 506. The van der Waals surface area contributed by atoms with Gasteiger partial charge in [0.05, 0.1) is 12.7 Å². The number of Topliss-reactive ketones (excluding diaryl/α,β-unsaturated/α-hetero) is 1. The van der Waals surface area contributed by atoms with Gasteiger partial charge in [-0.25, -0.2) is 4.98 Å². The topological polar surface area (TPSA) is 73.7 Å². The molecule has 0 unspecified atom stereocenters. The maximum Gasteiger partial charge on any atom is 0.159 e. The van der Waals surface area contributed by atoms with Crippen molar-refractivity contribution < 1.29 is 15.0 Å². The molecule has 2 atom stereocenters. The average Bonchev–Trinajstić information content (AvgIpc) is 2.49. The van der Waals surface area contributed by atoms with Crippen molar-refractivity contribution in [3.05, 3.63) is 23.9 Å². The molecule has 0 aliphatic carbocycles. The van der Waals surface area contributed by atoms with Crippen molar-refractivity contribution >= 4 is 11.6 Å². The molecule has 1 fully saturated rings. The molecule has 0 amide bonds. The number of piperidine rings is 1. The molecular weight excluding hydrogens is 268 g/mol. The van der Waals surface area contributed by atoms with E-state index in [1.807, 2.05) is 4.90 Å². The Kier molecular flexibility index (Phi) is 4.96. The molecule has 2 heterocycles. The maximum atomic E-state index is 11.5. The highest BCUT2D eigenvalue weighted by atomic mass is 16.3. The van der Waals surface area contributed by atoms with Crippen molar-refractivity contribution in [3.63, 3.8) is 0 Å². The fourth-order valence-electron chi connectivity index (χ4n) is 3.09. The molecule has 2 rings (SSSR count). The van der Waals surface area contributed by atoms with Gasteiger partial charge in [0.2, 0.25) is 0 Å². The fraction of sp³-hybridized carbons (Fsp3) is 0.625. The lowest BCUT2D eigenvalue weighted by Crippen LogP contribution is -2.53. The van der Waals surface area contributed by atoms with Crippen molar-refractivity contribution in [3.8, 4) is 0 Å². The molecule has 0 spiro atoms. The van der Waals surface area contributed by atoms with Crippen LogP contribution in [0.2, 0.25) is 0 Å². The molecule has 1 aromatic heterocycles. The van der Waals surface area contributed by atoms with E-state index in [1.165, 1.54) is 6.92 Å². The highest BCUT2D eigenvalue weighted by Crippen LogP contribution is 2.37. The van der Waals surface area contributed by atoms with Crippen LogP contribution in [0.5, 0.6) is 0 Å². The quantitative estimate of drug-likeness (QED) is 0.807. The number of anilines is 1. The Labute approximate surface area is 125 Å². The van der Waals surface area contributed by atoms with E-state index >= 15 is 0 Å². The predicted octanol–water partition coefficient (Wildman–Crippen LogP) is 1.63. The summed E-state index contributed by atoms with van der Waals surface area (Å²) in [6.45, 7) is 4.77. The first kappa shape index (κ1) is 15.9. The zero-order valence-electron chi connectivity index (χ0n) is 12.7. The lowest BCUT2D eigenvalue weighted by Gasteiger charge is -2.45. The lowest BCUT2D eigenvalue weighted by atomic mass is 9.73. The number of hydrogen-bond acceptors (Lipinski definition) is 5. The third-order valence-corrected chi connectivity index (χ3v) is 4.52. The number of carbonyl (C=O) groups excluding carboxylic acids is 1. The van der Waals surface area contributed by atoms with Gasteiger partial charge in [0.25, 0.3) is 0 Å². The zero-order valence-corrected chi connectivity index (χ0v) is 12.7. The van der Waals surface area contributed by atoms with Crippen molar-refractivity contribution in [2.75, 3.05) is 24.6 Å². The number of hydrogen-bond donors (Lipinski definition) is 2. The van der Waals surface area contributed by atoms with Crippen molar-refractivity contribution in [1.29, 1.82) is 0 Å². The summed E-state index contributed by atoms with van der Waals surface area (Å²) >= 11 is 0. The van der Waals surface area contributed by atoms with Crippen LogP contribution in [0.4, 0.5) is 5.82 Å². The second-order valence-corrected chi connectivity index (χ2v) is 5.94. The Morgan fingerprint density at radius 3 is 2.90 bits per heavy atom. The summed E-state index contributed by atoms with van der Waals surface area (Å²) in [5.74, 6) is 0.719. The third-order valence-electron chi connectivity index (χ3n) is 4.52. The number of ketones is 1.